The molecule has 10 heteroatoms. The first-order valence-electron chi connectivity index (χ1n) is 5.65. The van der Waals surface area contributed by atoms with E-state index in [0.717, 1.165) is 12.3 Å². The van der Waals surface area contributed by atoms with E-state index in [-0.39, 0.29) is 10.0 Å². The number of hydrogen-bond acceptors (Lipinski definition) is 3. The van der Waals surface area contributed by atoms with Gasteiger partial charge < -0.3 is 5.32 Å². The van der Waals surface area contributed by atoms with Crippen LogP contribution in [-0.4, -0.2) is 15.7 Å². The van der Waals surface area contributed by atoms with Gasteiger partial charge in [-0.05, 0) is 12.1 Å². The molecule has 1 aromatic carbocycles. The summed E-state index contributed by atoms with van der Waals surface area (Å²) in [6.45, 7) is -0.617. The van der Waals surface area contributed by atoms with Gasteiger partial charge in [0.15, 0.2) is 17.5 Å². The molecule has 0 radical (unpaired) electrons. The second kappa shape index (κ2) is 6.37. The summed E-state index contributed by atoms with van der Waals surface area (Å²) >= 11 is 11.2. The van der Waals surface area contributed by atoms with Gasteiger partial charge in [-0.3, -0.25) is 9.59 Å². The fourth-order valence-corrected chi connectivity index (χ4v) is 1.78. The molecule has 1 N–H and O–H groups in total. The van der Waals surface area contributed by atoms with E-state index in [1.807, 2.05) is 5.32 Å². The van der Waals surface area contributed by atoms with Crippen molar-refractivity contribution >= 4 is 34.8 Å². The number of aromatic nitrogens is 2. The Labute approximate surface area is 131 Å². The summed E-state index contributed by atoms with van der Waals surface area (Å²) in [7, 11) is 0. The molecule has 22 heavy (non-hydrogen) atoms. The molecule has 0 saturated carbocycles. The molecule has 1 aromatic heterocycles. The summed E-state index contributed by atoms with van der Waals surface area (Å²) in [5.74, 6) is -5.55. The largest absolute Gasteiger partial charge is 0.322 e. The highest BCUT2D eigenvalue weighted by Crippen LogP contribution is 2.19. The Hall–Kier alpha value is -2.06. The minimum absolute atomic E-state index is 0.0880. The van der Waals surface area contributed by atoms with Crippen LogP contribution in [0.25, 0.3) is 0 Å². The van der Waals surface area contributed by atoms with Crippen LogP contribution < -0.4 is 10.9 Å². The van der Waals surface area contributed by atoms with Crippen molar-refractivity contribution in [1.29, 1.82) is 0 Å². The topological polar surface area (TPSA) is 64.0 Å². The lowest BCUT2D eigenvalue weighted by molar-refractivity contribution is -0.117. The Morgan fingerprint density at radius 2 is 1.91 bits per heavy atom. The molecular formula is C12H6Cl2F3N3O2. The fourth-order valence-electron chi connectivity index (χ4n) is 1.51. The van der Waals surface area contributed by atoms with Crippen molar-refractivity contribution in [3.63, 3.8) is 0 Å². The van der Waals surface area contributed by atoms with E-state index in [2.05, 4.69) is 5.10 Å². The number of rotatable bonds is 3. The molecule has 0 fully saturated rings. The van der Waals surface area contributed by atoms with Gasteiger partial charge in [0, 0.05) is 0 Å². The van der Waals surface area contributed by atoms with Gasteiger partial charge in [0.05, 0.1) is 16.9 Å². The number of benzene rings is 1. The van der Waals surface area contributed by atoms with Crippen molar-refractivity contribution in [2.75, 3.05) is 5.32 Å². The van der Waals surface area contributed by atoms with Gasteiger partial charge in [-0.2, -0.15) is 5.10 Å². The standard InChI is InChI=1S/C12H6Cl2F3N3O2/c13-5-3-18-20(12(22)9(5)14)4-8(21)19-7-2-1-6(15)10(16)11(7)17/h1-3H,4H2,(H,19,21). The second-order valence-corrected chi connectivity index (χ2v) is 4.83. The fraction of sp³-hybridized carbons (Fsp3) is 0.0833. The highest BCUT2D eigenvalue weighted by atomic mass is 35.5. The SMILES string of the molecule is O=C(Cn1ncc(Cl)c(Cl)c1=O)Nc1ccc(F)c(F)c1F. The molecule has 0 saturated heterocycles. The van der Waals surface area contributed by atoms with E-state index in [0.29, 0.717) is 10.7 Å². The average Bonchev–Trinajstić information content (AvgIpc) is 2.48. The van der Waals surface area contributed by atoms with Crippen LogP contribution in [0.4, 0.5) is 18.9 Å². The number of anilines is 1. The van der Waals surface area contributed by atoms with Gasteiger partial charge >= 0.3 is 0 Å². The minimum Gasteiger partial charge on any atom is -0.322 e. The molecule has 2 rings (SSSR count). The van der Waals surface area contributed by atoms with Crippen LogP contribution >= 0.6 is 23.2 Å². The summed E-state index contributed by atoms with van der Waals surface area (Å²) in [6, 6.07) is 1.49. The third kappa shape index (κ3) is 3.23. The van der Waals surface area contributed by atoms with Crippen LogP contribution in [0.1, 0.15) is 0 Å². The van der Waals surface area contributed by atoms with Gasteiger partial charge in [0.2, 0.25) is 5.91 Å². The van der Waals surface area contributed by atoms with Crippen LogP contribution in [0, 0.1) is 17.5 Å². The van der Waals surface area contributed by atoms with Crippen LogP contribution in [0.5, 0.6) is 0 Å². The predicted octanol–water partition coefficient (Wildman–Crippen LogP) is 2.61. The van der Waals surface area contributed by atoms with Gasteiger partial charge in [-0.1, -0.05) is 23.2 Å². The van der Waals surface area contributed by atoms with Gasteiger partial charge in [-0.15, -0.1) is 0 Å². The highest BCUT2D eigenvalue weighted by molar-refractivity contribution is 6.41. The lowest BCUT2D eigenvalue weighted by atomic mass is 10.2. The number of hydrogen-bond donors (Lipinski definition) is 1. The number of nitrogens with one attached hydrogen (secondary N) is 1. The average molecular weight is 352 g/mol. The molecule has 0 spiro atoms. The lowest BCUT2D eigenvalue weighted by Crippen LogP contribution is -2.30. The van der Waals surface area contributed by atoms with Crippen molar-refractivity contribution in [3.8, 4) is 0 Å². The summed E-state index contributed by atoms with van der Waals surface area (Å²) < 4.78 is 39.9. The Kier molecular flexibility index (Phi) is 4.72. The number of carbonyl (C=O) groups is 1. The Balaban J connectivity index is 2.20. The lowest BCUT2D eigenvalue weighted by Gasteiger charge is -2.08. The van der Waals surface area contributed by atoms with Crippen LogP contribution in [-0.2, 0) is 11.3 Å². The van der Waals surface area contributed by atoms with E-state index >= 15 is 0 Å². The summed E-state index contributed by atoms with van der Waals surface area (Å²) in [4.78, 5) is 23.4. The van der Waals surface area contributed by atoms with E-state index in [1.165, 1.54) is 0 Å². The van der Waals surface area contributed by atoms with E-state index in [4.69, 9.17) is 23.2 Å². The first kappa shape index (κ1) is 16.3. The highest BCUT2D eigenvalue weighted by Gasteiger charge is 2.16. The van der Waals surface area contributed by atoms with Gasteiger partial charge in [0.25, 0.3) is 5.56 Å². The summed E-state index contributed by atoms with van der Waals surface area (Å²) in [6.07, 6.45) is 1.05. The first-order chi connectivity index (χ1) is 10.3. The monoisotopic (exact) mass is 351 g/mol. The van der Waals surface area contributed by atoms with Crippen molar-refractivity contribution < 1.29 is 18.0 Å². The maximum absolute atomic E-state index is 13.4. The molecule has 0 bridgehead atoms. The molecule has 0 atom stereocenters. The maximum atomic E-state index is 13.4. The van der Waals surface area contributed by atoms with E-state index < -0.39 is 41.2 Å². The Bertz CT molecular complexity index is 811. The predicted molar refractivity (Wildman–Crippen MR) is 73.5 cm³/mol. The number of halogens is 5. The van der Waals surface area contributed by atoms with E-state index in [9.17, 15) is 22.8 Å². The Morgan fingerprint density at radius 1 is 1.23 bits per heavy atom. The van der Waals surface area contributed by atoms with Crippen molar-refractivity contribution in [1.82, 2.24) is 9.78 Å². The number of carbonyl (C=O) groups excluding carboxylic acids is 1. The zero-order valence-corrected chi connectivity index (χ0v) is 12.1. The first-order valence-corrected chi connectivity index (χ1v) is 6.41. The third-order valence-corrected chi connectivity index (χ3v) is 3.29. The van der Waals surface area contributed by atoms with E-state index in [1.54, 1.807) is 0 Å². The molecular weight excluding hydrogens is 346 g/mol. The maximum Gasteiger partial charge on any atom is 0.287 e. The Morgan fingerprint density at radius 3 is 2.59 bits per heavy atom. The molecule has 1 amide bonds. The molecule has 1 heterocycles. The van der Waals surface area contributed by atoms with Crippen molar-refractivity contribution in [3.05, 3.63) is 56.2 Å². The normalized spacial score (nSPS) is 10.6. The zero-order valence-electron chi connectivity index (χ0n) is 10.5. The number of nitrogens with zero attached hydrogens (tertiary/aromatic N) is 2. The second-order valence-electron chi connectivity index (χ2n) is 4.04. The van der Waals surface area contributed by atoms with Crippen molar-refractivity contribution in [2.45, 2.75) is 6.54 Å². The molecule has 116 valence electrons. The smallest absolute Gasteiger partial charge is 0.287 e. The molecule has 0 aliphatic carbocycles. The number of amides is 1. The molecule has 2 aromatic rings. The van der Waals surface area contributed by atoms with Crippen LogP contribution in [0.3, 0.4) is 0 Å². The van der Waals surface area contributed by atoms with Gasteiger partial charge in [0.1, 0.15) is 11.6 Å². The molecule has 0 aliphatic rings. The zero-order chi connectivity index (χ0) is 16.4. The quantitative estimate of drug-likeness (QED) is 0.864. The third-order valence-electron chi connectivity index (χ3n) is 2.54. The van der Waals surface area contributed by atoms with Crippen LogP contribution in [0.2, 0.25) is 10.0 Å². The van der Waals surface area contributed by atoms with Gasteiger partial charge in [-0.25, -0.2) is 17.9 Å². The van der Waals surface area contributed by atoms with Crippen molar-refractivity contribution in [2.24, 2.45) is 0 Å². The summed E-state index contributed by atoms with van der Waals surface area (Å²) in [5, 5.41) is 5.15. The minimum atomic E-state index is -1.72. The summed E-state index contributed by atoms with van der Waals surface area (Å²) in [5.41, 5.74) is -1.40. The molecule has 0 aliphatic heterocycles. The van der Waals surface area contributed by atoms with Crippen LogP contribution in [0.15, 0.2) is 23.1 Å². The molecule has 5 nitrogen and oxygen atoms in total. The molecule has 0 unspecified atom stereocenters.